The molecule has 1 aromatic heterocycles. The van der Waals surface area contributed by atoms with Crippen LogP contribution in [0.15, 0.2) is 71.6 Å². The zero-order valence-electron chi connectivity index (χ0n) is 20.4. The maximum Gasteiger partial charge on any atom is 0.308 e. The van der Waals surface area contributed by atoms with Gasteiger partial charge in [0.05, 0.1) is 27.6 Å². The molecule has 5 rings (SSSR count). The number of hydrogen-bond donors (Lipinski definition) is 1. The maximum absolute atomic E-state index is 13.4. The molecule has 1 atom stereocenters. The van der Waals surface area contributed by atoms with E-state index in [0.29, 0.717) is 17.1 Å². The zero-order chi connectivity index (χ0) is 26.9. The summed E-state index contributed by atoms with van der Waals surface area (Å²) in [5.74, 6) is -1.82. The summed E-state index contributed by atoms with van der Waals surface area (Å²) in [4.78, 5) is 29.5. The molecule has 1 aliphatic rings. The minimum Gasteiger partial charge on any atom is -0.456 e. The van der Waals surface area contributed by atoms with E-state index in [9.17, 15) is 22.4 Å². The summed E-state index contributed by atoms with van der Waals surface area (Å²) in [7, 11) is -4.03. The molecule has 1 amide bonds. The number of aryl methyl sites for hydroxylation is 1. The van der Waals surface area contributed by atoms with Gasteiger partial charge in [-0.05, 0) is 66.4 Å². The van der Waals surface area contributed by atoms with Gasteiger partial charge in [-0.25, -0.2) is 17.8 Å². The summed E-state index contributed by atoms with van der Waals surface area (Å²) in [6.45, 7) is 1.58. The Morgan fingerprint density at radius 1 is 1.13 bits per heavy atom. The highest BCUT2D eigenvalue weighted by Crippen LogP contribution is 2.36. The lowest BCUT2D eigenvalue weighted by molar-refractivity contribution is -0.148. The predicted octanol–water partition coefficient (Wildman–Crippen LogP) is 4.60. The predicted molar refractivity (Wildman–Crippen MR) is 142 cm³/mol. The highest BCUT2D eigenvalue weighted by molar-refractivity contribution is 7.89. The van der Waals surface area contributed by atoms with Crippen molar-refractivity contribution in [3.05, 3.63) is 89.2 Å². The Balaban J connectivity index is 1.29. The Bertz CT molecular complexity index is 1620. The van der Waals surface area contributed by atoms with Gasteiger partial charge in [0.1, 0.15) is 5.82 Å². The van der Waals surface area contributed by atoms with Gasteiger partial charge >= 0.3 is 5.97 Å². The van der Waals surface area contributed by atoms with E-state index in [4.69, 9.17) is 4.74 Å². The number of hydrogen-bond acceptors (Lipinski definition) is 7. The number of amides is 1. The molecule has 1 unspecified atom stereocenters. The first-order valence-electron chi connectivity index (χ1n) is 11.9. The molecule has 0 aliphatic carbocycles. The molecular formula is C27H24FN3O5S2. The van der Waals surface area contributed by atoms with Gasteiger partial charge in [0.25, 0.3) is 5.91 Å². The number of carbonyl (C=O) groups excluding carboxylic acids is 2. The summed E-state index contributed by atoms with van der Waals surface area (Å²) in [6, 6.07) is 16.8. The van der Waals surface area contributed by atoms with Crippen LogP contribution in [0.3, 0.4) is 0 Å². The molecule has 0 spiro atoms. The van der Waals surface area contributed by atoms with E-state index >= 15 is 0 Å². The number of sulfonamides is 1. The average molecular weight is 554 g/mol. The second kappa shape index (κ2) is 10.6. The van der Waals surface area contributed by atoms with E-state index < -0.39 is 40.4 Å². The van der Waals surface area contributed by atoms with Gasteiger partial charge in [0.15, 0.2) is 11.7 Å². The van der Waals surface area contributed by atoms with Crippen molar-refractivity contribution in [2.75, 3.05) is 18.5 Å². The van der Waals surface area contributed by atoms with E-state index in [1.807, 2.05) is 37.3 Å². The van der Waals surface area contributed by atoms with Crippen LogP contribution in [0.25, 0.3) is 10.2 Å². The van der Waals surface area contributed by atoms with Crippen molar-refractivity contribution < 1.29 is 27.1 Å². The van der Waals surface area contributed by atoms with Crippen molar-refractivity contribution in [2.24, 2.45) is 0 Å². The van der Waals surface area contributed by atoms with E-state index in [2.05, 4.69) is 10.3 Å². The highest BCUT2D eigenvalue weighted by atomic mass is 32.2. The van der Waals surface area contributed by atoms with Crippen LogP contribution < -0.4 is 5.32 Å². The number of rotatable bonds is 7. The van der Waals surface area contributed by atoms with Gasteiger partial charge < -0.3 is 4.74 Å². The first-order chi connectivity index (χ1) is 18.2. The minimum absolute atomic E-state index is 0.0675. The molecule has 0 bridgehead atoms. The fourth-order valence-electron chi connectivity index (χ4n) is 4.47. The molecule has 2 heterocycles. The number of halogens is 1. The number of anilines is 1. The van der Waals surface area contributed by atoms with Gasteiger partial charge in [-0.2, -0.15) is 4.31 Å². The first-order valence-corrected chi connectivity index (χ1v) is 14.1. The lowest BCUT2D eigenvalue weighted by Crippen LogP contribution is -2.41. The Hall–Kier alpha value is -3.67. The quantitative estimate of drug-likeness (QED) is 0.335. The van der Waals surface area contributed by atoms with Crippen molar-refractivity contribution in [1.29, 1.82) is 0 Å². The van der Waals surface area contributed by atoms with Crippen LogP contribution >= 0.6 is 11.3 Å². The molecule has 0 radical (unpaired) electrons. The lowest BCUT2D eigenvalue weighted by atomic mass is 9.92. The standard InChI is InChI=1S/C27H24FN3O5S2/c1-17-6-11-22-24(14-17)37-27(29-22)30-25(32)16-36-26(33)15-23-21-5-3-2-4-18(21)12-13-31(23)38(34,35)20-9-7-19(28)8-10-20/h2-11,14,23H,12-13,15-16H2,1H3,(H,29,30,32). The molecule has 196 valence electrons. The Labute approximate surface area is 223 Å². The monoisotopic (exact) mass is 553 g/mol. The van der Waals surface area contributed by atoms with E-state index in [1.165, 1.54) is 27.8 Å². The largest absolute Gasteiger partial charge is 0.456 e. The molecule has 4 aromatic rings. The average Bonchev–Trinajstić information content (AvgIpc) is 3.29. The lowest BCUT2D eigenvalue weighted by Gasteiger charge is -2.36. The van der Waals surface area contributed by atoms with Gasteiger partial charge in [-0.1, -0.05) is 41.7 Å². The Morgan fingerprint density at radius 2 is 1.89 bits per heavy atom. The SMILES string of the molecule is Cc1ccc2nc(NC(=O)COC(=O)CC3c4ccccc4CCN3S(=O)(=O)c3ccc(F)cc3)sc2c1. The number of nitrogens with one attached hydrogen (secondary N) is 1. The minimum atomic E-state index is -4.03. The Kier molecular flexibility index (Phi) is 7.24. The number of ether oxygens (including phenoxy) is 1. The van der Waals surface area contributed by atoms with Crippen LogP contribution in [-0.2, 0) is 30.8 Å². The van der Waals surface area contributed by atoms with Gasteiger partial charge in [-0.3, -0.25) is 14.9 Å². The second-order valence-electron chi connectivity index (χ2n) is 8.94. The molecule has 38 heavy (non-hydrogen) atoms. The summed E-state index contributed by atoms with van der Waals surface area (Å²) < 4.78 is 47.7. The first kappa shape index (κ1) is 26.0. The van der Waals surface area contributed by atoms with Crippen molar-refractivity contribution in [2.45, 2.75) is 30.7 Å². The smallest absolute Gasteiger partial charge is 0.308 e. The second-order valence-corrected chi connectivity index (χ2v) is 11.9. The third-order valence-corrected chi connectivity index (χ3v) is 9.15. The van der Waals surface area contributed by atoms with Crippen LogP contribution in [0.2, 0.25) is 0 Å². The van der Waals surface area contributed by atoms with Crippen molar-refractivity contribution in [3.63, 3.8) is 0 Å². The normalized spacial score (nSPS) is 15.7. The third kappa shape index (κ3) is 5.45. The van der Waals surface area contributed by atoms with Crippen molar-refractivity contribution in [1.82, 2.24) is 9.29 Å². The molecule has 1 aliphatic heterocycles. The van der Waals surface area contributed by atoms with Crippen LogP contribution in [0.4, 0.5) is 9.52 Å². The topological polar surface area (TPSA) is 106 Å². The third-order valence-electron chi connectivity index (χ3n) is 6.30. The van der Waals surface area contributed by atoms with Gasteiger partial charge in [0.2, 0.25) is 10.0 Å². The fourth-order valence-corrected chi connectivity index (χ4v) is 7.06. The fraction of sp³-hybridized carbons (Fsp3) is 0.222. The molecule has 0 saturated carbocycles. The van der Waals surface area contributed by atoms with E-state index in [-0.39, 0.29) is 17.9 Å². The summed E-state index contributed by atoms with van der Waals surface area (Å²) in [5.41, 5.74) is 3.45. The molecule has 3 aromatic carbocycles. The van der Waals surface area contributed by atoms with Gasteiger partial charge in [0, 0.05) is 6.54 Å². The number of nitrogens with zero attached hydrogens (tertiary/aromatic N) is 2. The Morgan fingerprint density at radius 3 is 2.68 bits per heavy atom. The highest BCUT2D eigenvalue weighted by Gasteiger charge is 2.38. The molecular weight excluding hydrogens is 529 g/mol. The van der Waals surface area contributed by atoms with Crippen molar-refractivity contribution >= 4 is 48.6 Å². The molecule has 0 saturated heterocycles. The van der Waals surface area contributed by atoms with E-state index in [0.717, 1.165) is 33.5 Å². The summed E-state index contributed by atoms with van der Waals surface area (Å²) in [6.07, 6.45) is 0.178. The van der Waals surface area contributed by atoms with Gasteiger partial charge in [-0.15, -0.1) is 0 Å². The summed E-state index contributed by atoms with van der Waals surface area (Å²) in [5, 5.41) is 3.03. The number of esters is 1. The molecule has 1 N–H and O–H groups in total. The number of aromatic nitrogens is 1. The van der Waals surface area contributed by atoms with Crippen LogP contribution in [-0.4, -0.2) is 42.7 Å². The van der Waals surface area contributed by atoms with Crippen molar-refractivity contribution in [3.8, 4) is 0 Å². The van der Waals surface area contributed by atoms with Crippen LogP contribution in [0, 0.1) is 12.7 Å². The van der Waals surface area contributed by atoms with Crippen LogP contribution in [0.1, 0.15) is 29.2 Å². The maximum atomic E-state index is 13.4. The number of fused-ring (bicyclic) bond motifs is 2. The molecule has 0 fully saturated rings. The number of carbonyl (C=O) groups is 2. The van der Waals surface area contributed by atoms with E-state index in [1.54, 1.807) is 12.1 Å². The zero-order valence-corrected chi connectivity index (χ0v) is 22.0. The molecule has 11 heteroatoms. The summed E-state index contributed by atoms with van der Waals surface area (Å²) >= 11 is 1.32. The molecule has 8 nitrogen and oxygen atoms in total. The number of benzene rings is 3. The number of thiazole rings is 1. The van der Waals surface area contributed by atoms with Crippen LogP contribution in [0.5, 0.6) is 0 Å².